The summed E-state index contributed by atoms with van der Waals surface area (Å²) in [4.78, 5) is 0. The van der Waals surface area contributed by atoms with Crippen LogP contribution in [0.25, 0.3) is 0 Å². The van der Waals surface area contributed by atoms with Crippen LogP contribution in [-0.2, 0) is 0 Å². The Kier molecular flexibility index (Phi) is 9.47. The summed E-state index contributed by atoms with van der Waals surface area (Å²) in [5, 5.41) is 13.5. The molecule has 0 bridgehead atoms. The maximum Gasteiger partial charge on any atom is 0.131 e. The average Bonchev–Trinajstić information content (AvgIpc) is 2.90. The van der Waals surface area contributed by atoms with Crippen molar-refractivity contribution in [1.29, 1.82) is 0 Å². The molecule has 0 aromatic heterocycles. The van der Waals surface area contributed by atoms with Gasteiger partial charge < -0.3 is 21.3 Å². The fourth-order valence-electron chi connectivity index (χ4n) is 3.45. The maximum absolute atomic E-state index is 6.96. The SMILES string of the molecule is ClC(Nc1ccccc1)C(Nc1ccccc1)SC(Nc1ccccc1)C(Cl)Nc1ccccc1. The van der Waals surface area contributed by atoms with E-state index in [0.29, 0.717) is 0 Å². The number of anilines is 4. The fourth-order valence-corrected chi connectivity index (χ4v) is 5.32. The zero-order valence-electron chi connectivity index (χ0n) is 19.0. The summed E-state index contributed by atoms with van der Waals surface area (Å²) >= 11 is 15.5. The van der Waals surface area contributed by atoms with E-state index in [0.717, 1.165) is 22.7 Å². The lowest BCUT2D eigenvalue weighted by atomic mass is 10.3. The smallest absolute Gasteiger partial charge is 0.131 e. The molecule has 0 fully saturated rings. The molecule has 0 aliphatic heterocycles. The summed E-state index contributed by atoms with van der Waals surface area (Å²) in [6.45, 7) is 0. The molecule has 35 heavy (non-hydrogen) atoms. The molecule has 0 saturated heterocycles. The van der Waals surface area contributed by atoms with Crippen LogP contribution in [0.1, 0.15) is 0 Å². The molecule has 0 heterocycles. The van der Waals surface area contributed by atoms with Crippen molar-refractivity contribution in [1.82, 2.24) is 0 Å². The third kappa shape index (κ3) is 8.03. The van der Waals surface area contributed by atoms with Crippen molar-refractivity contribution in [3.63, 3.8) is 0 Å². The average molecular weight is 524 g/mol. The maximum atomic E-state index is 6.96. The van der Waals surface area contributed by atoms with Gasteiger partial charge >= 0.3 is 0 Å². The second kappa shape index (κ2) is 13.2. The van der Waals surface area contributed by atoms with Crippen LogP contribution < -0.4 is 21.3 Å². The number of nitrogens with one attached hydrogen (secondary N) is 4. The number of halogens is 2. The molecule has 7 heteroatoms. The van der Waals surface area contributed by atoms with Gasteiger partial charge in [0.1, 0.15) is 21.7 Å². The van der Waals surface area contributed by atoms with E-state index in [1.807, 2.05) is 121 Å². The minimum Gasteiger partial charge on any atom is -0.370 e. The van der Waals surface area contributed by atoms with E-state index in [9.17, 15) is 0 Å². The topological polar surface area (TPSA) is 48.1 Å². The standard InChI is InChI=1S/C28H28Cl2N4S/c29-25(31-21-13-5-1-6-14-21)27(33-23-17-9-3-10-18-23)35-28(34-24-19-11-4-12-20-24)26(30)32-22-15-7-2-8-16-22/h1-20,25-28,31-34H. The van der Waals surface area contributed by atoms with E-state index >= 15 is 0 Å². The van der Waals surface area contributed by atoms with Gasteiger partial charge in [-0.25, -0.2) is 0 Å². The van der Waals surface area contributed by atoms with Gasteiger partial charge in [0.15, 0.2) is 0 Å². The van der Waals surface area contributed by atoms with Crippen LogP contribution >= 0.6 is 35.0 Å². The molecule has 4 atom stereocenters. The van der Waals surface area contributed by atoms with Crippen LogP contribution in [-0.4, -0.2) is 21.7 Å². The molecule has 4 rings (SSSR count). The molecule has 0 amide bonds. The molecule has 0 aliphatic rings. The first-order chi connectivity index (χ1) is 17.2. The Morgan fingerprint density at radius 2 is 0.657 bits per heavy atom. The van der Waals surface area contributed by atoms with Gasteiger partial charge in [0.05, 0.1) is 0 Å². The van der Waals surface area contributed by atoms with Gasteiger partial charge in [-0.2, -0.15) is 0 Å². The first-order valence-electron chi connectivity index (χ1n) is 11.4. The van der Waals surface area contributed by atoms with Crippen molar-refractivity contribution in [2.75, 3.05) is 21.3 Å². The van der Waals surface area contributed by atoms with Gasteiger partial charge in [0, 0.05) is 22.7 Å². The third-order valence-electron chi connectivity index (χ3n) is 5.15. The Morgan fingerprint density at radius 3 is 0.943 bits per heavy atom. The monoisotopic (exact) mass is 522 g/mol. The summed E-state index contributed by atoms with van der Waals surface area (Å²) < 4.78 is 0. The number of para-hydroxylation sites is 4. The van der Waals surface area contributed by atoms with E-state index < -0.39 is 11.0 Å². The number of hydrogen-bond acceptors (Lipinski definition) is 5. The molecule has 4 nitrogen and oxygen atoms in total. The van der Waals surface area contributed by atoms with Crippen LogP contribution in [0.15, 0.2) is 121 Å². The van der Waals surface area contributed by atoms with E-state index in [4.69, 9.17) is 23.2 Å². The number of benzene rings is 4. The molecule has 4 aromatic carbocycles. The van der Waals surface area contributed by atoms with Crippen LogP contribution in [0.4, 0.5) is 22.7 Å². The minimum absolute atomic E-state index is 0.223. The summed E-state index contributed by atoms with van der Waals surface area (Å²) in [7, 11) is 0. The second-order valence-corrected chi connectivity index (χ2v) is 10.1. The Labute approximate surface area is 221 Å². The van der Waals surface area contributed by atoms with Crippen molar-refractivity contribution >= 4 is 57.7 Å². The van der Waals surface area contributed by atoms with Crippen molar-refractivity contribution in [3.05, 3.63) is 121 Å². The predicted molar refractivity (Wildman–Crippen MR) is 155 cm³/mol. The van der Waals surface area contributed by atoms with Gasteiger partial charge in [-0.1, -0.05) is 96.0 Å². The number of rotatable bonds is 12. The quantitative estimate of drug-likeness (QED) is 0.0863. The van der Waals surface area contributed by atoms with E-state index in [2.05, 4.69) is 21.3 Å². The van der Waals surface area contributed by atoms with Crippen LogP contribution in [0.5, 0.6) is 0 Å². The molecular weight excluding hydrogens is 495 g/mol. The zero-order valence-corrected chi connectivity index (χ0v) is 21.3. The molecule has 180 valence electrons. The van der Waals surface area contributed by atoms with Gasteiger partial charge in [0.25, 0.3) is 0 Å². The third-order valence-corrected chi connectivity index (χ3v) is 7.53. The van der Waals surface area contributed by atoms with Gasteiger partial charge in [-0.05, 0) is 48.5 Å². The summed E-state index contributed by atoms with van der Waals surface area (Å²) in [6.07, 6.45) is 0. The summed E-state index contributed by atoms with van der Waals surface area (Å²) in [5.41, 5.74) is 3.00. The highest BCUT2D eigenvalue weighted by molar-refractivity contribution is 8.00. The van der Waals surface area contributed by atoms with E-state index in [1.165, 1.54) is 0 Å². The summed E-state index contributed by atoms with van der Waals surface area (Å²) in [6, 6.07) is 40.0. The highest BCUT2D eigenvalue weighted by Crippen LogP contribution is 2.31. The van der Waals surface area contributed by atoms with Gasteiger partial charge in [-0.15, -0.1) is 11.8 Å². The normalized spacial score (nSPS) is 14.2. The van der Waals surface area contributed by atoms with Crippen LogP contribution in [0.2, 0.25) is 0 Å². The highest BCUT2D eigenvalue weighted by atomic mass is 35.5. The number of alkyl halides is 2. The number of thioether (sulfide) groups is 1. The molecular formula is C28H28Cl2N4S. The minimum atomic E-state index is -0.428. The Morgan fingerprint density at radius 1 is 0.400 bits per heavy atom. The second-order valence-electron chi connectivity index (χ2n) is 7.82. The van der Waals surface area contributed by atoms with Gasteiger partial charge in [-0.3, -0.25) is 0 Å². The lowest BCUT2D eigenvalue weighted by Gasteiger charge is -2.32. The Balaban J connectivity index is 1.57. The largest absolute Gasteiger partial charge is 0.370 e. The lowest BCUT2D eigenvalue weighted by molar-refractivity contribution is 0.896. The molecule has 0 aliphatic carbocycles. The van der Waals surface area contributed by atoms with E-state index in [-0.39, 0.29) is 10.7 Å². The molecule has 4 N–H and O–H groups in total. The zero-order chi connectivity index (χ0) is 24.3. The molecule has 0 radical (unpaired) electrons. The predicted octanol–water partition coefficient (Wildman–Crippen LogP) is 7.95. The lowest BCUT2D eigenvalue weighted by Crippen LogP contribution is -2.40. The first kappa shape index (κ1) is 25.1. The van der Waals surface area contributed by atoms with Crippen molar-refractivity contribution in [3.8, 4) is 0 Å². The van der Waals surface area contributed by atoms with Crippen LogP contribution in [0, 0.1) is 0 Å². The van der Waals surface area contributed by atoms with Crippen molar-refractivity contribution < 1.29 is 0 Å². The van der Waals surface area contributed by atoms with Crippen molar-refractivity contribution in [2.45, 2.75) is 21.7 Å². The molecule has 4 aromatic rings. The Bertz CT molecular complexity index is 1030. The fraction of sp³-hybridized carbons (Fsp3) is 0.143. The molecule has 0 spiro atoms. The van der Waals surface area contributed by atoms with E-state index in [1.54, 1.807) is 11.8 Å². The van der Waals surface area contributed by atoms with Crippen molar-refractivity contribution in [2.24, 2.45) is 0 Å². The molecule has 0 saturated carbocycles. The van der Waals surface area contributed by atoms with Crippen LogP contribution in [0.3, 0.4) is 0 Å². The Hall–Kier alpha value is -2.99. The number of hydrogen-bond donors (Lipinski definition) is 4. The first-order valence-corrected chi connectivity index (χ1v) is 13.2. The van der Waals surface area contributed by atoms with Gasteiger partial charge in [0.2, 0.25) is 0 Å². The summed E-state index contributed by atoms with van der Waals surface area (Å²) in [5.74, 6) is 0. The molecule has 4 unspecified atom stereocenters. The highest BCUT2D eigenvalue weighted by Gasteiger charge is 2.29.